The molecule has 34 heavy (non-hydrogen) atoms. The van der Waals surface area contributed by atoms with Gasteiger partial charge in [0.15, 0.2) is 0 Å². The molecule has 3 aromatic carbocycles. The van der Waals surface area contributed by atoms with Gasteiger partial charge < -0.3 is 15.1 Å². The minimum Gasteiger partial charge on any atom is -0.368 e. The molecule has 1 aliphatic rings. The third-order valence-electron chi connectivity index (χ3n) is 6.16. The minimum absolute atomic E-state index is 0.0620. The Bertz CT molecular complexity index is 1140. The number of rotatable bonds is 4. The van der Waals surface area contributed by atoms with Crippen LogP contribution >= 0.6 is 0 Å². The molecule has 1 aliphatic heterocycles. The maximum absolute atomic E-state index is 13.0. The second-order valence-electron chi connectivity index (χ2n) is 9.61. The van der Waals surface area contributed by atoms with Crippen molar-refractivity contribution in [1.29, 1.82) is 0 Å². The summed E-state index contributed by atoms with van der Waals surface area (Å²) in [5.41, 5.74) is 4.12. The first kappa shape index (κ1) is 23.5. The molecule has 1 N–H and O–H groups in total. The molecule has 1 heterocycles. The van der Waals surface area contributed by atoms with E-state index in [1.54, 1.807) is 0 Å². The van der Waals surface area contributed by atoms with Gasteiger partial charge in [-0.2, -0.15) is 0 Å². The van der Waals surface area contributed by atoms with Gasteiger partial charge in [-0.25, -0.2) is 4.39 Å². The van der Waals surface area contributed by atoms with Crippen molar-refractivity contribution < 1.29 is 14.0 Å². The number of hydrogen-bond acceptors (Lipinski definition) is 3. The molecule has 1 saturated heterocycles. The molecule has 0 saturated carbocycles. The van der Waals surface area contributed by atoms with Crippen LogP contribution in [0.15, 0.2) is 72.8 Å². The van der Waals surface area contributed by atoms with Crippen molar-refractivity contribution in [2.75, 3.05) is 36.4 Å². The summed E-state index contributed by atoms with van der Waals surface area (Å²) >= 11 is 0. The summed E-state index contributed by atoms with van der Waals surface area (Å²) in [5, 5.41) is 2.83. The molecule has 0 aliphatic carbocycles. The van der Waals surface area contributed by atoms with Crippen LogP contribution in [-0.2, 0) is 5.41 Å². The summed E-state index contributed by atoms with van der Waals surface area (Å²) in [6.45, 7) is 9.28. The van der Waals surface area contributed by atoms with Crippen LogP contribution in [0.2, 0.25) is 0 Å². The molecule has 0 bridgehead atoms. The van der Waals surface area contributed by atoms with E-state index in [4.69, 9.17) is 0 Å². The summed E-state index contributed by atoms with van der Waals surface area (Å²) in [6, 6.07) is 21.0. The Hall–Kier alpha value is -3.67. The van der Waals surface area contributed by atoms with Gasteiger partial charge in [-0.3, -0.25) is 9.59 Å². The molecule has 0 radical (unpaired) electrons. The number of benzene rings is 3. The molecule has 3 aromatic rings. The Labute approximate surface area is 200 Å². The van der Waals surface area contributed by atoms with Crippen molar-refractivity contribution in [3.8, 4) is 0 Å². The maximum atomic E-state index is 13.0. The van der Waals surface area contributed by atoms with E-state index in [9.17, 15) is 14.0 Å². The molecule has 2 amide bonds. The minimum atomic E-state index is -0.374. The molecule has 0 spiro atoms. The lowest BCUT2D eigenvalue weighted by atomic mass is 9.86. The fourth-order valence-electron chi connectivity index (χ4n) is 4.02. The second-order valence-corrected chi connectivity index (χ2v) is 9.61. The number of nitrogens with one attached hydrogen (secondary N) is 1. The SMILES string of the molecule is CC(C)(C)c1ccc(C(=O)N2CCN(c3ccc(NC(=O)c4ccc(F)cc4)cc3)CC2)cc1. The van der Waals surface area contributed by atoms with E-state index >= 15 is 0 Å². The molecule has 0 unspecified atom stereocenters. The Morgan fingerprint density at radius 3 is 1.88 bits per heavy atom. The fraction of sp³-hybridized carbons (Fsp3) is 0.286. The van der Waals surface area contributed by atoms with Crippen LogP contribution in [0, 0.1) is 5.82 Å². The lowest BCUT2D eigenvalue weighted by molar-refractivity contribution is 0.0746. The first-order valence-corrected chi connectivity index (χ1v) is 11.5. The molecular formula is C28H30FN3O2. The van der Waals surface area contributed by atoms with Gasteiger partial charge in [0.2, 0.25) is 0 Å². The molecular weight excluding hydrogens is 429 g/mol. The number of carbonyl (C=O) groups excluding carboxylic acids is 2. The smallest absolute Gasteiger partial charge is 0.255 e. The van der Waals surface area contributed by atoms with E-state index in [0.29, 0.717) is 24.3 Å². The van der Waals surface area contributed by atoms with Crippen molar-refractivity contribution in [1.82, 2.24) is 4.90 Å². The van der Waals surface area contributed by atoms with E-state index in [0.717, 1.165) is 24.3 Å². The lowest BCUT2D eigenvalue weighted by Gasteiger charge is -2.36. The summed E-state index contributed by atoms with van der Waals surface area (Å²) < 4.78 is 13.0. The van der Waals surface area contributed by atoms with Gasteiger partial charge in [-0.05, 0) is 71.6 Å². The number of halogens is 1. The molecule has 176 valence electrons. The zero-order valence-corrected chi connectivity index (χ0v) is 19.8. The van der Waals surface area contributed by atoms with Crippen molar-refractivity contribution in [2.45, 2.75) is 26.2 Å². The standard InChI is InChI=1S/C28H30FN3O2/c1-28(2,3)22-8-4-21(5-9-22)27(34)32-18-16-31(17-19-32)25-14-12-24(13-15-25)30-26(33)20-6-10-23(29)11-7-20/h4-15H,16-19H2,1-3H3,(H,30,33). The van der Waals surface area contributed by atoms with Crippen LogP contribution in [0.5, 0.6) is 0 Å². The van der Waals surface area contributed by atoms with Crippen LogP contribution in [0.4, 0.5) is 15.8 Å². The van der Waals surface area contributed by atoms with Crippen molar-refractivity contribution in [2.24, 2.45) is 0 Å². The van der Waals surface area contributed by atoms with Crippen LogP contribution in [0.25, 0.3) is 0 Å². The number of piperazine rings is 1. The highest BCUT2D eigenvalue weighted by molar-refractivity contribution is 6.04. The normalized spacial score (nSPS) is 14.1. The lowest BCUT2D eigenvalue weighted by Crippen LogP contribution is -2.48. The van der Waals surface area contributed by atoms with Crippen LogP contribution < -0.4 is 10.2 Å². The van der Waals surface area contributed by atoms with E-state index in [1.165, 1.54) is 29.8 Å². The Balaban J connectivity index is 1.32. The largest absolute Gasteiger partial charge is 0.368 e. The number of amides is 2. The monoisotopic (exact) mass is 459 g/mol. The first-order valence-electron chi connectivity index (χ1n) is 11.5. The molecule has 0 aromatic heterocycles. The van der Waals surface area contributed by atoms with E-state index in [-0.39, 0.29) is 23.0 Å². The average molecular weight is 460 g/mol. The number of carbonyl (C=O) groups is 2. The third kappa shape index (κ3) is 5.45. The van der Waals surface area contributed by atoms with Gasteiger partial charge in [-0.1, -0.05) is 32.9 Å². The molecule has 0 atom stereocenters. The number of nitrogens with zero attached hydrogens (tertiary/aromatic N) is 2. The second kappa shape index (κ2) is 9.67. The zero-order valence-electron chi connectivity index (χ0n) is 19.8. The van der Waals surface area contributed by atoms with Crippen molar-refractivity contribution in [3.63, 3.8) is 0 Å². The van der Waals surface area contributed by atoms with Crippen molar-refractivity contribution in [3.05, 3.63) is 95.3 Å². The maximum Gasteiger partial charge on any atom is 0.255 e. The quantitative estimate of drug-likeness (QED) is 0.573. The highest BCUT2D eigenvalue weighted by Crippen LogP contribution is 2.24. The van der Waals surface area contributed by atoms with Crippen molar-refractivity contribution >= 4 is 23.2 Å². The molecule has 1 fully saturated rings. The van der Waals surface area contributed by atoms with E-state index < -0.39 is 0 Å². The van der Waals surface area contributed by atoms with Gasteiger partial charge in [0.25, 0.3) is 11.8 Å². The Kier molecular flexibility index (Phi) is 6.68. The Morgan fingerprint density at radius 1 is 0.765 bits per heavy atom. The van der Waals surface area contributed by atoms with Gasteiger partial charge >= 0.3 is 0 Å². The van der Waals surface area contributed by atoms with Crippen LogP contribution in [-0.4, -0.2) is 42.9 Å². The number of hydrogen-bond donors (Lipinski definition) is 1. The topological polar surface area (TPSA) is 52.7 Å². The average Bonchev–Trinajstić information content (AvgIpc) is 2.84. The predicted octanol–water partition coefficient (Wildman–Crippen LogP) is 5.34. The van der Waals surface area contributed by atoms with E-state index in [2.05, 4.69) is 31.0 Å². The third-order valence-corrected chi connectivity index (χ3v) is 6.16. The Morgan fingerprint density at radius 2 is 1.32 bits per heavy atom. The first-order chi connectivity index (χ1) is 16.2. The fourth-order valence-corrected chi connectivity index (χ4v) is 4.02. The van der Waals surface area contributed by atoms with Crippen LogP contribution in [0.1, 0.15) is 47.1 Å². The zero-order chi connectivity index (χ0) is 24.3. The highest BCUT2D eigenvalue weighted by Gasteiger charge is 2.23. The summed E-state index contributed by atoms with van der Waals surface area (Å²) in [6.07, 6.45) is 0. The van der Waals surface area contributed by atoms with Crippen LogP contribution in [0.3, 0.4) is 0 Å². The molecule has 4 rings (SSSR count). The van der Waals surface area contributed by atoms with Gasteiger partial charge in [-0.15, -0.1) is 0 Å². The van der Waals surface area contributed by atoms with Gasteiger partial charge in [0, 0.05) is 48.7 Å². The molecule has 5 nitrogen and oxygen atoms in total. The summed E-state index contributed by atoms with van der Waals surface area (Å²) in [7, 11) is 0. The summed E-state index contributed by atoms with van der Waals surface area (Å²) in [5.74, 6) is -0.587. The van der Waals surface area contributed by atoms with E-state index in [1.807, 2.05) is 53.4 Å². The van der Waals surface area contributed by atoms with Gasteiger partial charge in [0.1, 0.15) is 5.82 Å². The predicted molar refractivity (Wildman–Crippen MR) is 134 cm³/mol. The highest BCUT2D eigenvalue weighted by atomic mass is 19.1. The van der Waals surface area contributed by atoms with Gasteiger partial charge in [0.05, 0.1) is 0 Å². The number of anilines is 2. The molecule has 6 heteroatoms. The summed E-state index contributed by atoms with van der Waals surface area (Å²) in [4.78, 5) is 29.4.